The number of halogens is 1. The average Bonchev–Trinajstić information content (AvgIpc) is 2.30. The molecular weight excluding hydrogens is 334 g/mol. The molecule has 8 heteroatoms. The van der Waals surface area contributed by atoms with Crippen LogP contribution in [0.3, 0.4) is 0 Å². The Labute approximate surface area is 121 Å². The summed E-state index contributed by atoms with van der Waals surface area (Å²) in [7, 11) is -3.71. The Bertz CT molecular complexity index is 546. The van der Waals surface area contributed by atoms with Crippen LogP contribution in [0.2, 0.25) is 0 Å². The first kappa shape index (κ1) is 16.4. The number of hydrogen-bond donors (Lipinski definition) is 2. The van der Waals surface area contributed by atoms with E-state index in [-0.39, 0.29) is 17.3 Å². The minimum Gasteiger partial charge on any atom is -0.383 e. The number of nitrogens with zero attached hydrogens (tertiary/aromatic N) is 1. The standard InChI is InChI=1S/C11H18BrN3O3S/c1-4-18-11(2,3)7-15-19(16,17)9-5-8(12)6-14-10(9)13/h5-6,15H,4,7H2,1-3H3,(H2,13,14). The molecule has 1 rings (SSSR count). The molecule has 0 amide bonds. The third kappa shape index (κ3) is 4.72. The van der Waals surface area contributed by atoms with E-state index in [0.717, 1.165) is 0 Å². The van der Waals surface area contributed by atoms with Gasteiger partial charge in [-0.3, -0.25) is 0 Å². The minimum absolute atomic E-state index is 0.0371. The molecule has 3 N–H and O–H groups in total. The lowest BCUT2D eigenvalue weighted by atomic mass is 10.1. The lowest BCUT2D eigenvalue weighted by molar-refractivity contribution is -0.00515. The maximum absolute atomic E-state index is 12.1. The van der Waals surface area contributed by atoms with Gasteiger partial charge in [0.25, 0.3) is 0 Å². The van der Waals surface area contributed by atoms with E-state index in [1.807, 2.05) is 20.8 Å². The molecule has 0 atom stereocenters. The SMILES string of the molecule is CCOC(C)(C)CNS(=O)(=O)c1cc(Br)cnc1N. The molecular formula is C11H18BrN3O3S. The summed E-state index contributed by atoms with van der Waals surface area (Å²) in [4.78, 5) is 3.76. The van der Waals surface area contributed by atoms with Crippen molar-refractivity contribution in [2.45, 2.75) is 31.3 Å². The van der Waals surface area contributed by atoms with Crippen LogP contribution in [0.4, 0.5) is 5.82 Å². The molecule has 0 aromatic carbocycles. The first-order valence-corrected chi connectivity index (χ1v) is 8.00. The van der Waals surface area contributed by atoms with E-state index < -0.39 is 15.6 Å². The monoisotopic (exact) mass is 351 g/mol. The van der Waals surface area contributed by atoms with E-state index in [4.69, 9.17) is 10.5 Å². The second-order valence-electron chi connectivity index (χ2n) is 4.55. The largest absolute Gasteiger partial charge is 0.383 e. The van der Waals surface area contributed by atoms with Crippen LogP contribution in [-0.4, -0.2) is 32.2 Å². The lowest BCUT2D eigenvalue weighted by Gasteiger charge is -2.24. The van der Waals surface area contributed by atoms with Gasteiger partial charge in [0, 0.05) is 23.8 Å². The third-order valence-electron chi connectivity index (χ3n) is 2.36. The van der Waals surface area contributed by atoms with E-state index in [2.05, 4.69) is 25.6 Å². The molecule has 6 nitrogen and oxygen atoms in total. The van der Waals surface area contributed by atoms with E-state index >= 15 is 0 Å². The molecule has 0 saturated carbocycles. The zero-order chi connectivity index (χ0) is 14.7. The van der Waals surface area contributed by atoms with Crippen molar-refractivity contribution in [1.29, 1.82) is 0 Å². The number of pyridine rings is 1. The predicted octanol–water partition coefficient (Wildman–Crippen LogP) is 1.52. The number of aromatic nitrogens is 1. The summed E-state index contributed by atoms with van der Waals surface area (Å²) in [5.41, 5.74) is 5.00. The highest BCUT2D eigenvalue weighted by atomic mass is 79.9. The highest BCUT2D eigenvalue weighted by Gasteiger charge is 2.24. The van der Waals surface area contributed by atoms with Gasteiger partial charge >= 0.3 is 0 Å². The van der Waals surface area contributed by atoms with Gasteiger partial charge in [-0.2, -0.15) is 0 Å². The van der Waals surface area contributed by atoms with Crippen molar-refractivity contribution in [2.24, 2.45) is 0 Å². The summed E-state index contributed by atoms with van der Waals surface area (Å²) >= 11 is 3.17. The normalized spacial score (nSPS) is 12.6. The molecule has 108 valence electrons. The van der Waals surface area contributed by atoms with E-state index in [1.54, 1.807) is 0 Å². The maximum Gasteiger partial charge on any atom is 0.244 e. The fourth-order valence-corrected chi connectivity index (χ4v) is 3.22. The minimum atomic E-state index is -3.71. The van der Waals surface area contributed by atoms with Gasteiger partial charge in [-0.25, -0.2) is 18.1 Å². The molecule has 0 spiro atoms. The Kier molecular flexibility index (Phi) is 5.31. The molecule has 0 aliphatic carbocycles. The Morgan fingerprint density at radius 1 is 1.53 bits per heavy atom. The summed E-state index contributed by atoms with van der Waals surface area (Å²) in [6.45, 7) is 6.12. The molecule has 0 fully saturated rings. The molecule has 1 heterocycles. The topological polar surface area (TPSA) is 94.3 Å². The van der Waals surface area contributed by atoms with Crippen molar-refractivity contribution in [3.8, 4) is 0 Å². The molecule has 0 aliphatic heterocycles. The van der Waals surface area contributed by atoms with Crippen LogP contribution in [0.15, 0.2) is 21.6 Å². The molecule has 0 bridgehead atoms. The highest BCUT2D eigenvalue weighted by Crippen LogP contribution is 2.20. The first-order valence-electron chi connectivity index (χ1n) is 5.72. The van der Waals surface area contributed by atoms with Crippen LogP contribution in [0.1, 0.15) is 20.8 Å². The average molecular weight is 352 g/mol. The zero-order valence-electron chi connectivity index (χ0n) is 11.1. The van der Waals surface area contributed by atoms with Crippen molar-refractivity contribution in [2.75, 3.05) is 18.9 Å². The molecule has 0 radical (unpaired) electrons. The van der Waals surface area contributed by atoms with Crippen molar-refractivity contribution in [1.82, 2.24) is 9.71 Å². The number of nitrogens with two attached hydrogens (primary N) is 1. The molecule has 0 aliphatic rings. The highest BCUT2D eigenvalue weighted by molar-refractivity contribution is 9.10. The molecule has 1 aromatic rings. The van der Waals surface area contributed by atoms with Gasteiger partial charge in [-0.1, -0.05) is 0 Å². The molecule has 19 heavy (non-hydrogen) atoms. The Balaban J connectivity index is 2.90. The molecule has 1 aromatic heterocycles. The van der Waals surface area contributed by atoms with Crippen LogP contribution >= 0.6 is 15.9 Å². The van der Waals surface area contributed by atoms with Gasteiger partial charge in [-0.05, 0) is 42.8 Å². The van der Waals surface area contributed by atoms with Crippen LogP contribution < -0.4 is 10.5 Å². The number of hydrogen-bond acceptors (Lipinski definition) is 5. The van der Waals surface area contributed by atoms with E-state index in [1.165, 1.54) is 12.3 Å². The Morgan fingerprint density at radius 3 is 2.74 bits per heavy atom. The number of nitrogens with one attached hydrogen (secondary N) is 1. The quantitative estimate of drug-likeness (QED) is 0.810. The first-order chi connectivity index (χ1) is 8.68. The number of rotatable bonds is 6. The number of anilines is 1. The predicted molar refractivity (Wildman–Crippen MR) is 77.2 cm³/mol. The maximum atomic E-state index is 12.1. The van der Waals surface area contributed by atoms with Crippen molar-refractivity contribution < 1.29 is 13.2 Å². The molecule has 0 saturated heterocycles. The van der Waals surface area contributed by atoms with E-state index in [0.29, 0.717) is 11.1 Å². The lowest BCUT2D eigenvalue weighted by Crippen LogP contribution is -2.40. The van der Waals surface area contributed by atoms with Crippen LogP contribution in [0.25, 0.3) is 0 Å². The second kappa shape index (κ2) is 6.17. The fraction of sp³-hybridized carbons (Fsp3) is 0.545. The smallest absolute Gasteiger partial charge is 0.244 e. The summed E-state index contributed by atoms with van der Waals surface area (Å²) < 4.78 is 32.8. The number of ether oxygens (including phenoxy) is 1. The third-order valence-corrected chi connectivity index (χ3v) is 4.22. The summed E-state index contributed by atoms with van der Waals surface area (Å²) in [6, 6.07) is 1.42. The van der Waals surface area contributed by atoms with Gasteiger partial charge < -0.3 is 10.5 Å². The van der Waals surface area contributed by atoms with Crippen LogP contribution in [-0.2, 0) is 14.8 Å². The van der Waals surface area contributed by atoms with Gasteiger partial charge in [0.15, 0.2) is 0 Å². The Morgan fingerprint density at radius 2 is 2.16 bits per heavy atom. The van der Waals surface area contributed by atoms with Crippen LogP contribution in [0, 0.1) is 0 Å². The molecule has 0 unspecified atom stereocenters. The van der Waals surface area contributed by atoms with Crippen molar-refractivity contribution >= 4 is 31.8 Å². The number of nitrogen functional groups attached to an aromatic ring is 1. The summed E-state index contributed by atoms with van der Waals surface area (Å²) in [6.07, 6.45) is 1.44. The summed E-state index contributed by atoms with van der Waals surface area (Å²) in [5.74, 6) is -0.0371. The van der Waals surface area contributed by atoms with Crippen molar-refractivity contribution in [3.05, 3.63) is 16.7 Å². The number of sulfonamides is 1. The van der Waals surface area contributed by atoms with Crippen LogP contribution in [0.5, 0.6) is 0 Å². The van der Waals surface area contributed by atoms with E-state index in [9.17, 15) is 8.42 Å². The van der Waals surface area contributed by atoms with Gasteiger partial charge in [0.2, 0.25) is 10.0 Å². The second-order valence-corrected chi connectivity index (χ2v) is 7.21. The van der Waals surface area contributed by atoms with Gasteiger partial charge in [0.1, 0.15) is 10.7 Å². The van der Waals surface area contributed by atoms with Gasteiger partial charge in [-0.15, -0.1) is 0 Å². The Hall–Kier alpha value is -0.700. The fourth-order valence-electron chi connectivity index (χ4n) is 1.43. The summed E-state index contributed by atoms with van der Waals surface area (Å²) in [5, 5.41) is 0. The van der Waals surface area contributed by atoms with Gasteiger partial charge in [0.05, 0.1) is 5.60 Å². The zero-order valence-corrected chi connectivity index (χ0v) is 13.5. The van der Waals surface area contributed by atoms with Crippen molar-refractivity contribution in [3.63, 3.8) is 0 Å².